The first-order chi connectivity index (χ1) is 8.10. The summed E-state index contributed by atoms with van der Waals surface area (Å²) in [6.45, 7) is 0.223. The van der Waals surface area contributed by atoms with Crippen LogP contribution < -0.4 is 5.73 Å². The molecule has 0 bridgehead atoms. The van der Waals surface area contributed by atoms with Crippen LogP contribution in [0.1, 0.15) is 23.7 Å². The number of hydrogen-bond donors (Lipinski definition) is 3. The van der Waals surface area contributed by atoms with Crippen molar-refractivity contribution >= 4 is 0 Å². The highest BCUT2D eigenvalue weighted by molar-refractivity contribution is 5.32. The highest BCUT2D eigenvalue weighted by Gasteiger charge is 2.20. The van der Waals surface area contributed by atoms with Crippen LogP contribution in [-0.2, 0) is 6.42 Å². The third-order valence-corrected chi connectivity index (χ3v) is 2.52. The van der Waals surface area contributed by atoms with Crippen LogP contribution in [0.3, 0.4) is 0 Å². The van der Waals surface area contributed by atoms with E-state index in [1.807, 2.05) is 6.07 Å². The smallest absolute Gasteiger partial charge is 0.123 e. The van der Waals surface area contributed by atoms with Crippen molar-refractivity contribution in [2.45, 2.75) is 25.0 Å². The van der Waals surface area contributed by atoms with Crippen LogP contribution in [0.15, 0.2) is 18.2 Å². The lowest BCUT2D eigenvalue weighted by molar-refractivity contribution is 0.0144. The monoisotopic (exact) mass is 238 g/mol. The lowest BCUT2D eigenvalue weighted by Gasteiger charge is -2.19. The molecule has 4 N–H and O–H groups in total. The van der Waals surface area contributed by atoms with E-state index in [-0.39, 0.29) is 24.9 Å². The quantitative estimate of drug-likeness (QED) is 0.702. The fourth-order valence-corrected chi connectivity index (χ4v) is 1.62. The van der Waals surface area contributed by atoms with Gasteiger partial charge in [-0.2, -0.15) is 5.26 Å². The molecule has 0 saturated carbocycles. The van der Waals surface area contributed by atoms with Gasteiger partial charge in [0.1, 0.15) is 11.9 Å². The molecule has 0 fully saturated rings. The molecule has 2 atom stereocenters. The van der Waals surface area contributed by atoms with Gasteiger partial charge in [-0.05, 0) is 36.2 Å². The third kappa shape index (κ3) is 3.49. The van der Waals surface area contributed by atoms with Gasteiger partial charge in [0.15, 0.2) is 0 Å². The van der Waals surface area contributed by atoms with Crippen molar-refractivity contribution in [3.63, 3.8) is 0 Å². The molecular weight excluding hydrogens is 223 g/mol. The standard InChI is InChI=1S/C12H15FN2O2/c13-9-2-1-8(3-5-14)10(7-9)12(17)11(16)4-6-15/h1-2,7,11-12,16-17H,3-4,6,15H2. The van der Waals surface area contributed by atoms with E-state index in [9.17, 15) is 14.6 Å². The van der Waals surface area contributed by atoms with Crippen LogP contribution >= 0.6 is 0 Å². The summed E-state index contributed by atoms with van der Waals surface area (Å²) in [5, 5.41) is 28.1. The van der Waals surface area contributed by atoms with Gasteiger partial charge < -0.3 is 15.9 Å². The first kappa shape index (κ1) is 13.6. The number of nitriles is 1. The number of hydrogen-bond acceptors (Lipinski definition) is 4. The highest BCUT2D eigenvalue weighted by Crippen LogP contribution is 2.24. The first-order valence-electron chi connectivity index (χ1n) is 5.31. The predicted molar refractivity (Wildman–Crippen MR) is 60.4 cm³/mol. The molecule has 92 valence electrons. The van der Waals surface area contributed by atoms with Gasteiger partial charge in [0.25, 0.3) is 0 Å². The molecule has 1 aromatic rings. The molecular formula is C12H15FN2O2. The Kier molecular flexibility index (Phi) is 5.04. The molecule has 1 aromatic carbocycles. The average molecular weight is 238 g/mol. The Morgan fingerprint density at radius 3 is 2.71 bits per heavy atom. The van der Waals surface area contributed by atoms with Gasteiger partial charge in [-0.25, -0.2) is 4.39 Å². The van der Waals surface area contributed by atoms with E-state index in [1.54, 1.807) is 0 Å². The van der Waals surface area contributed by atoms with Crippen molar-refractivity contribution in [2.24, 2.45) is 5.73 Å². The minimum absolute atomic E-state index is 0.0576. The summed E-state index contributed by atoms with van der Waals surface area (Å²) in [6.07, 6.45) is -2.01. The van der Waals surface area contributed by atoms with Gasteiger partial charge in [-0.3, -0.25) is 0 Å². The van der Waals surface area contributed by atoms with Gasteiger partial charge in [0.2, 0.25) is 0 Å². The molecule has 0 aromatic heterocycles. The molecule has 1 rings (SSSR count). The van der Waals surface area contributed by atoms with Gasteiger partial charge in [0.05, 0.1) is 18.6 Å². The summed E-state index contributed by atoms with van der Waals surface area (Å²) < 4.78 is 13.1. The fourth-order valence-electron chi connectivity index (χ4n) is 1.62. The van der Waals surface area contributed by atoms with E-state index in [4.69, 9.17) is 11.0 Å². The van der Waals surface area contributed by atoms with Crippen molar-refractivity contribution in [3.05, 3.63) is 35.1 Å². The second kappa shape index (κ2) is 6.30. The highest BCUT2D eigenvalue weighted by atomic mass is 19.1. The normalized spacial score (nSPS) is 14.1. The van der Waals surface area contributed by atoms with Gasteiger partial charge in [-0.15, -0.1) is 0 Å². The zero-order valence-corrected chi connectivity index (χ0v) is 9.31. The Morgan fingerprint density at radius 2 is 2.12 bits per heavy atom. The van der Waals surface area contributed by atoms with Crippen molar-refractivity contribution in [3.8, 4) is 6.07 Å². The zero-order valence-electron chi connectivity index (χ0n) is 9.31. The molecule has 17 heavy (non-hydrogen) atoms. The molecule has 4 nitrogen and oxygen atoms in total. The van der Waals surface area contributed by atoms with E-state index in [0.29, 0.717) is 5.56 Å². The Hall–Kier alpha value is -1.48. The topological polar surface area (TPSA) is 90.3 Å². The van der Waals surface area contributed by atoms with Crippen LogP contribution in [0.25, 0.3) is 0 Å². The van der Waals surface area contributed by atoms with Crippen LogP contribution in [-0.4, -0.2) is 22.9 Å². The number of nitrogens with two attached hydrogens (primary N) is 1. The molecule has 0 saturated heterocycles. The second-order valence-corrected chi connectivity index (χ2v) is 3.77. The maximum absolute atomic E-state index is 13.1. The SMILES string of the molecule is N#CCc1ccc(F)cc1C(O)C(O)CCN. The van der Waals surface area contributed by atoms with Crippen molar-refractivity contribution < 1.29 is 14.6 Å². The van der Waals surface area contributed by atoms with Crippen LogP contribution in [0.5, 0.6) is 0 Å². The molecule has 0 aliphatic carbocycles. The molecule has 5 heteroatoms. The Labute approximate surface area is 99.1 Å². The van der Waals surface area contributed by atoms with E-state index >= 15 is 0 Å². The fraction of sp³-hybridized carbons (Fsp3) is 0.417. The van der Waals surface area contributed by atoms with Crippen LogP contribution in [0.4, 0.5) is 4.39 Å². The maximum atomic E-state index is 13.1. The third-order valence-electron chi connectivity index (χ3n) is 2.52. The van der Waals surface area contributed by atoms with Crippen molar-refractivity contribution in [1.82, 2.24) is 0 Å². The van der Waals surface area contributed by atoms with Gasteiger partial charge in [-0.1, -0.05) is 6.07 Å². The van der Waals surface area contributed by atoms with E-state index < -0.39 is 18.0 Å². The van der Waals surface area contributed by atoms with Crippen LogP contribution in [0, 0.1) is 17.1 Å². The molecule has 0 amide bonds. The number of rotatable bonds is 5. The summed E-state index contributed by atoms with van der Waals surface area (Å²) in [6, 6.07) is 5.72. The largest absolute Gasteiger partial charge is 0.390 e. The second-order valence-electron chi connectivity index (χ2n) is 3.77. The average Bonchev–Trinajstić information content (AvgIpc) is 2.31. The molecule has 0 spiro atoms. The molecule has 0 radical (unpaired) electrons. The van der Waals surface area contributed by atoms with Gasteiger partial charge >= 0.3 is 0 Å². The van der Waals surface area contributed by atoms with E-state index in [2.05, 4.69) is 0 Å². The molecule has 0 heterocycles. The van der Waals surface area contributed by atoms with Crippen molar-refractivity contribution in [1.29, 1.82) is 5.26 Å². The number of nitrogens with zero attached hydrogens (tertiary/aromatic N) is 1. The summed E-state index contributed by atoms with van der Waals surface area (Å²) in [5.41, 5.74) is 6.03. The van der Waals surface area contributed by atoms with Crippen molar-refractivity contribution in [2.75, 3.05) is 6.54 Å². The lowest BCUT2D eigenvalue weighted by Crippen LogP contribution is -2.22. The summed E-state index contributed by atoms with van der Waals surface area (Å²) in [4.78, 5) is 0. The molecule has 2 unspecified atom stereocenters. The lowest BCUT2D eigenvalue weighted by atomic mass is 9.95. The van der Waals surface area contributed by atoms with Gasteiger partial charge in [0, 0.05) is 0 Å². The number of aliphatic hydroxyl groups excluding tert-OH is 2. The number of halogens is 1. The number of aliphatic hydroxyl groups is 2. The summed E-state index contributed by atoms with van der Waals surface area (Å²) >= 11 is 0. The zero-order chi connectivity index (χ0) is 12.8. The Morgan fingerprint density at radius 1 is 1.41 bits per heavy atom. The Bertz CT molecular complexity index is 417. The summed E-state index contributed by atoms with van der Waals surface area (Å²) in [5.74, 6) is -0.513. The predicted octanol–water partition coefficient (Wildman–Crippen LogP) is 0.635. The maximum Gasteiger partial charge on any atom is 0.123 e. The molecule has 0 aliphatic heterocycles. The van der Waals surface area contributed by atoms with E-state index in [0.717, 1.165) is 6.07 Å². The minimum atomic E-state index is -1.22. The first-order valence-corrected chi connectivity index (χ1v) is 5.31. The summed E-state index contributed by atoms with van der Waals surface area (Å²) in [7, 11) is 0. The molecule has 0 aliphatic rings. The Balaban J connectivity index is 3.01. The minimum Gasteiger partial charge on any atom is -0.390 e. The van der Waals surface area contributed by atoms with E-state index in [1.165, 1.54) is 12.1 Å². The van der Waals surface area contributed by atoms with Crippen LogP contribution in [0.2, 0.25) is 0 Å². The number of benzene rings is 1.